The molecule has 0 saturated carbocycles. The molecule has 6 heteroatoms. The van der Waals surface area contributed by atoms with Crippen molar-refractivity contribution >= 4 is 41.3 Å². The average molecular weight is 422 g/mol. The number of hydrogen-bond donors (Lipinski definition) is 2. The van der Waals surface area contributed by atoms with Crippen molar-refractivity contribution in [2.75, 3.05) is 33.7 Å². The largest absolute Gasteiger partial charge is 0.356 e. The monoisotopic (exact) mass is 422 g/mol. The van der Waals surface area contributed by atoms with Crippen molar-refractivity contribution in [3.05, 3.63) is 21.9 Å². The fourth-order valence-electron chi connectivity index (χ4n) is 2.53. The first kappa shape index (κ1) is 18.7. The lowest BCUT2D eigenvalue weighted by molar-refractivity contribution is 0.394. The summed E-state index contributed by atoms with van der Waals surface area (Å²) in [6.45, 7) is 6.47. The molecule has 1 unspecified atom stereocenters. The van der Waals surface area contributed by atoms with Gasteiger partial charge in [0.2, 0.25) is 0 Å². The van der Waals surface area contributed by atoms with Gasteiger partial charge in [-0.3, -0.25) is 4.99 Å². The Balaban J connectivity index is 0.00000220. The topological polar surface area (TPSA) is 39.7 Å². The molecule has 1 fully saturated rings. The predicted octanol–water partition coefficient (Wildman–Crippen LogP) is 2.55. The Morgan fingerprint density at radius 2 is 2.14 bits per heavy atom. The smallest absolute Gasteiger partial charge is 0.191 e. The van der Waals surface area contributed by atoms with Gasteiger partial charge >= 0.3 is 0 Å². The Morgan fingerprint density at radius 3 is 2.71 bits per heavy atom. The van der Waals surface area contributed by atoms with Crippen molar-refractivity contribution in [3.63, 3.8) is 0 Å². The first-order chi connectivity index (χ1) is 9.71. The maximum atomic E-state index is 4.30. The highest BCUT2D eigenvalue weighted by molar-refractivity contribution is 14.0. The number of hydrogen-bond acceptors (Lipinski definition) is 3. The Labute approximate surface area is 149 Å². The highest BCUT2D eigenvalue weighted by Gasteiger charge is 2.19. The van der Waals surface area contributed by atoms with Crippen LogP contribution in [0.2, 0.25) is 0 Å². The maximum Gasteiger partial charge on any atom is 0.191 e. The van der Waals surface area contributed by atoms with Gasteiger partial charge in [-0.1, -0.05) is 6.92 Å². The van der Waals surface area contributed by atoms with Gasteiger partial charge in [-0.15, -0.1) is 35.3 Å². The van der Waals surface area contributed by atoms with Crippen LogP contribution in [0.25, 0.3) is 0 Å². The van der Waals surface area contributed by atoms with Crippen LogP contribution in [-0.2, 0) is 13.0 Å². The number of aliphatic imine (C=N–C) groups is 1. The molecule has 0 amide bonds. The van der Waals surface area contributed by atoms with E-state index in [2.05, 4.69) is 46.6 Å². The zero-order valence-electron chi connectivity index (χ0n) is 13.2. The third kappa shape index (κ3) is 6.12. The zero-order valence-corrected chi connectivity index (χ0v) is 16.3. The van der Waals surface area contributed by atoms with E-state index in [1.807, 2.05) is 18.4 Å². The number of rotatable bonds is 5. The van der Waals surface area contributed by atoms with Gasteiger partial charge in [0.15, 0.2) is 5.96 Å². The number of guanidine groups is 1. The molecule has 1 aliphatic heterocycles. The summed E-state index contributed by atoms with van der Waals surface area (Å²) in [4.78, 5) is 9.49. The highest BCUT2D eigenvalue weighted by atomic mass is 127. The Morgan fingerprint density at radius 1 is 1.38 bits per heavy atom. The third-order valence-electron chi connectivity index (χ3n) is 3.77. The second-order valence-corrected chi connectivity index (χ2v) is 6.70. The van der Waals surface area contributed by atoms with E-state index in [4.69, 9.17) is 0 Å². The predicted molar refractivity (Wildman–Crippen MR) is 103 cm³/mol. The summed E-state index contributed by atoms with van der Waals surface area (Å²) < 4.78 is 0. The van der Waals surface area contributed by atoms with Gasteiger partial charge in [-0.05, 0) is 44.5 Å². The van der Waals surface area contributed by atoms with E-state index in [0.717, 1.165) is 31.4 Å². The summed E-state index contributed by atoms with van der Waals surface area (Å²) in [7, 11) is 4.02. The normalized spacial score (nSPS) is 19.4. The van der Waals surface area contributed by atoms with Crippen LogP contribution >= 0.6 is 35.3 Å². The molecule has 0 aromatic carbocycles. The molecule has 1 aliphatic rings. The molecule has 0 aliphatic carbocycles. The zero-order chi connectivity index (χ0) is 14.4. The van der Waals surface area contributed by atoms with Gasteiger partial charge in [0.1, 0.15) is 0 Å². The summed E-state index contributed by atoms with van der Waals surface area (Å²) in [6.07, 6.45) is 2.40. The van der Waals surface area contributed by atoms with Gasteiger partial charge in [0.05, 0.1) is 6.54 Å². The van der Waals surface area contributed by atoms with Crippen LogP contribution in [0.3, 0.4) is 0 Å². The number of halogens is 1. The molecule has 21 heavy (non-hydrogen) atoms. The van der Waals surface area contributed by atoms with Gasteiger partial charge in [0, 0.05) is 29.9 Å². The van der Waals surface area contributed by atoms with E-state index >= 15 is 0 Å². The quantitative estimate of drug-likeness (QED) is 0.435. The average Bonchev–Trinajstić information content (AvgIpc) is 3.08. The van der Waals surface area contributed by atoms with Crippen LogP contribution < -0.4 is 10.6 Å². The molecule has 0 bridgehead atoms. The lowest BCUT2D eigenvalue weighted by Crippen LogP contribution is -2.39. The molecule has 2 rings (SSSR count). The van der Waals surface area contributed by atoms with Crippen molar-refractivity contribution in [1.29, 1.82) is 0 Å². The van der Waals surface area contributed by atoms with Crippen molar-refractivity contribution in [2.45, 2.75) is 26.3 Å². The molecule has 1 atom stereocenters. The molecular formula is C15H27IN4S. The number of nitrogens with zero attached hydrogens (tertiary/aromatic N) is 2. The number of likely N-dealkylation sites (tertiary alicyclic amines) is 1. The molecule has 0 radical (unpaired) electrons. The molecule has 1 aromatic heterocycles. The van der Waals surface area contributed by atoms with Crippen LogP contribution in [-0.4, -0.2) is 44.6 Å². The van der Waals surface area contributed by atoms with E-state index in [1.54, 1.807) is 0 Å². The van der Waals surface area contributed by atoms with E-state index in [-0.39, 0.29) is 24.0 Å². The number of nitrogens with one attached hydrogen (secondary N) is 2. The standard InChI is InChI=1S/C15H26N4S.HI/c1-4-13-5-6-14(20-13)10-18-15(16-2)17-9-12-7-8-19(3)11-12;/h5-6,12H,4,7-11H2,1-3H3,(H2,16,17,18);1H. The van der Waals surface area contributed by atoms with E-state index in [0.29, 0.717) is 0 Å². The van der Waals surface area contributed by atoms with Gasteiger partial charge < -0.3 is 15.5 Å². The summed E-state index contributed by atoms with van der Waals surface area (Å²) in [5, 5.41) is 6.83. The molecule has 2 heterocycles. The molecule has 1 saturated heterocycles. The van der Waals surface area contributed by atoms with Crippen molar-refractivity contribution in [2.24, 2.45) is 10.9 Å². The van der Waals surface area contributed by atoms with Gasteiger partial charge in [-0.25, -0.2) is 0 Å². The van der Waals surface area contributed by atoms with E-state index < -0.39 is 0 Å². The molecular weight excluding hydrogens is 395 g/mol. The van der Waals surface area contributed by atoms with Crippen LogP contribution in [0.4, 0.5) is 0 Å². The Hall–Kier alpha value is -0.340. The first-order valence-corrected chi connectivity index (χ1v) is 8.23. The minimum absolute atomic E-state index is 0. The van der Waals surface area contributed by atoms with E-state index in [9.17, 15) is 0 Å². The second kappa shape index (κ2) is 9.63. The molecule has 2 N–H and O–H groups in total. The molecule has 120 valence electrons. The summed E-state index contributed by atoms with van der Waals surface area (Å²) in [6, 6.07) is 4.42. The fourth-order valence-corrected chi connectivity index (χ4v) is 3.43. The van der Waals surface area contributed by atoms with Crippen molar-refractivity contribution < 1.29 is 0 Å². The van der Waals surface area contributed by atoms with Crippen molar-refractivity contribution in [1.82, 2.24) is 15.5 Å². The second-order valence-electron chi connectivity index (χ2n) is 5.45. The summed E-state index contributed by atoms with van der Waals surface area (Å²) in [5.41, 5.74) is 0. The van der Waals surface area contributed by atoms with E-state index in [1.165, 1.54) is 29.3 Å². The van der Waals surface area contributed by atoms with Gasteiger partial charge in [-0.2, -0.15) is 0 Å². The SMILES string of the molecule is CCc1ccc(CNC(=NC)NCC2CCN(C)C2)s1.I. The Kier molecular flexibility index (Phi) is 8.58. The third-order valence-corrected chi connectivity index (χ3v) is 5.00. The number of aryl methyl sites for hydroxylation is 1. The molecule has 4 nitrogen and oxygen atoms in total. The van der Waals surface area contributed by atoms with Crippen LogP contribution in [0.5, 0.6) is 0 Å². The minimum Gasteiger partial charge on any atom is -0.356 e. The first-order valence-electron chi connectivity index (χ1n) is 7.42. The van der Waals surface area contributed by atoms with Crippen LogP contribution in [0.1, 0.15) is 23.1 Å². The molecule has 1 aromatic rings. The molecule has 0 spiro atoms. The maximum absolute atomic E-state index is 4.30. The lowest BCUT2D eigenvalue weighted by Gasteiger charge is -2.15. The number of thiophene rings is 1. The van der Waals surface area contributed by atoms with Crippen LogP contribution in [0.15, 0.2) is 17.1 Å². The summed E-state index contributed by atoms with van der Waals surface area (Å²) >= 11 is 1.88. The van der Waals surface area contributed by atoms with Crippen LogP contribution in [0, 0.1) is 5.92 Å². The fraction of sp³-hybridized carbons (Fsp3) is 0.667. The summed E-state index contributed by atoms with van der Waals surface area (Å²) in [5.74, 6) is 1.65. The Bertz CT molecular complexity index is 447. The van der Waals surface area contributed by atoms with Gasteiger partial charge in [0.25, 0.3) is 0 Å². The minimum atomic E-state index is 0. The van der Waals surface area contributed by atoms with Crippen molar-refractivity contribution in [3.8, 4) is 0 Å². The lowest BCUT2D eigenvalue weighted by atomic mass is 10.1. The highest BCUT2D eigenvalue weighted by Crippen LogP contribution is 2.16.